The zero-order valence-electron chi connectivity index (χ0n) is 18.1. The summed E-state index contributed by atoms with van der Waals surface area (Å²) in [6.45, 7) is 7.46. The van der Waals surface area contributed by atoms with Crippen LogP contribution in [0.25, 0.3) is 0 Å². The topological polar surface area (TPSA) is 67.3 Å². The molecule has 3 aliphatic rings. The van der Waals surface area contributed by atoms with Gasteiger partial charge in [-0.2, -0.15) is 0 Å². The predicted molar refractivity (Wildman–Crippen MR) is 119 cm³/mol. The normalized spacial score (nSPS) is 21.8. The number of rotatable bonds is 5. The minimum atomic E-state index is -0.586. The zero-order chi connectivity index (χ0) is 22.2. The van der Waals surface area contributed by atoms with E-state index in [1.165, 1.54) is 23.5 Å². The second kappa shape index (κ2) is 8.73. The third-order valence-electron chi connectivity index (χ3n) is 6.16. The Hall–Kier alpha value is -2.62. The molecule has 0 spiro atoms. The van der Waals surface area contributed by atoms with Gasteiger partial charge in [-0.3, -0.25) is 9.89 Å². The average molecular weight is 457 g/mol. The minimum absolute atomic E-state index is 0.272. The van der Waals surface area contributed by atoms with Gasteiger partial charge in [0.1, 0.15) is 11.9 Å². The fourth-order valence-corrected chi connectivity index (χ4v) is 5.10. The molecule has 0 N–H and O–H groups in total. The van der Waals surface area contributed by atoms with Crippen molar-refractivity contribution >= 4 is 23.1 Å². The summed E-state index contributed by atoms with van der Waals surface area (Å²) >= 11 is 1.52. The minimum Gasteiger partial charge on any atom is -0.463 e. The van der Waals surface area contributed by atoms with Gasteiger partial charge in [0.05, 0.1) is 31.4 Å². The highest BCUT2D eigenvalue weighted by molar-refractivity contribution is 7.11. The second-order valence-electron chi connectivity index (χ2n) is 8.09. The van der Waals surface area contributed by atoms with Crippen LogP contribution in [0.2, 0.25) is 0 Å². The maximum absolute atomic E-state index is 13.9. The molecule has 0 unspecified atom stereocenters. The number of nitrogens with zero attached hydrogens (tertiary/aromatic N) is 4. The quantitative estimate of drug-likeness (QED) is 0.645. The van der Waals surface area contributed by atoms with Crippen molar-refractivity contribution in [2.45, 2.75) is 25.9 Å². The van der Waals surface area contributed by atoms with Gasteiger partial charge in [-0.25, -0.2) is 14.2 Å². The van der Waals surface area contributed by atoms with E-state index >= 15 is 0 Å². The highest BCUT2D eigenvalue weighted by Gasteiger charge is 2.41. The van der Waals surface area contributed by atoms with Crippen molar-refractivity contribution in [2.24, 2.45) is 4.99 Å². The van der Waals surface area contributed by atoms with Gasteiger partial charge in [-0.1, -0.05) is 6.07 Å². The van der Waals surface area contributed by atoms with Gasteiger partial charge >= 0.3 is 5.97 Å². The summed E-state index contributed by atoms with van der Waals surface area (Å²) in [5.41, 5.74) is 2.94. The van der Waals surface area contributed by atoms with Crippen LogP contribution in [0.1, 0.15) is 29.1 Å². The van der Waals surface area contributed by atoms with E-state index in [0.717, 1.165) is 34.2 Å². The zero-order valence-corrected chi connectivity index (χ0v) is 18.9. The standard InChI is InChI=1S/C23H25FN4O3S/c1-3-31-23(29)19-18-11-27(16-12-30-13-16)7-8-28(18)21(22-25-6-9-32-22)26-20(19)17-5-4-15(24)10-14(17)2/h4-6,9-10,16,20H,3,7-8,11-13H2,1-2H3/t20-/m0/s1. The van der Waals surface area contributed by atoms with E-state index < -0.39 is 6.04 Å². The van der Waals surface area contributed by atoms with Crippen LogP contribution in [-0.2, 0) is 14.3 Å². The van der Waals surface area contributed by atoms with Crippen molar-refractivity contribution in [2.75, 3.05) is 39.5 Å². The number of piperazine rings is 1. The number of fused-ring (bicyclic) bond motifs is 1. The molecule has 0 aliphatic carbocycles. The Labute approximate surface area is 190 Å². The van der Waals surface area contributed by atoms with Gasteiger partial charge in [0.15, 0.2) is 10.8 Å². The second-order valence-corrected chi connectivity index (χ2v) is 8.98. The van der Waals surface area contributed by atoms with E-state index in [9.17, 15) is 9.18 Å². The number of carbonyl (C=O) groups is 1. The number of benzene rings is 1. The van der Waals surface area contributed by atoms with Crippen LogP contribution in [0.5, 0.6) is 0 Å². The molecule has 3 aliphatic heterocycles. The molecule has 168 valence electrons. The number of esters is 1. The molecule has 7 nitrogen and oxygen atoms in total. The van der Waals surface area contributed by atoms with Gasteiger partial charge in [0.2, 0.25) is 0 Å². The third-order valence-corrected chi connectivity index (χ3v) is 6.93. The fraction of sp³-hybridized carbons (Fsp3) is 0.435. The first kappa shape index (κ1) is 21.2. The van der Waals surface area contributed by atoms with Crippen LogP contribution in [-0.4, -0.2) is 72.1 Å². The first-order chi connectivity index (χ1) is 15.6. The Balaban J connectivity index is 1.66. The largest absolute Gasteiger partial charge is 0.463 e. The molecule has 1 atom stereocenters. The van der Waals surface area contributed by atoms with Crippen molar-refractivity contribution in [3.05, 3.63) is 63.0 Å². The van der Waals surface area contributed by atoms with Crippen LogP contribution < -0.4 is 0 Å². The Kier molecular flexibility index (Phi) is 5.79. The predicted octanol–water partition coefficient (Wildman–Crippen LogP) is 2.93. The third kappa shape index (κ3) is 3.74. The molecule has 0 radical (unpaired) electrons. The van der Waals surface area contributed by atoms with Crippen LogP contribution in [0.3, 0.4) is 0 Å². The maximum atomic E-state index is 13.9. The van der Waals surface area contributed by atoms with Gasteiger partial charge in [0.25, 0.3) is 0 Å². The molecule has 1 aromatic carbocycles. The summed E-state index contributed by atoms with van der Waals surface area (Å²) in [5, 5.41) is 2.72. The number of ether oxygens (including phenoxy) is 2. The Morgan fingerprint density at radius 3 is 2.84 bits per heavy atom. The number of hydrogen-bond donors (Lipinski definition) is 0. The molecule has 5 rings (SSSR count). The van der Waals surface area contributed by atoms with Crippen LogP contribution >= 0.6 is 11.3 Å². The number of aromatic nitrogens is 1. The van der Waals surface area contributed by atoms with E-state index in [4.69, 9.17) is 14.5 Å². The number of aliphatic imine (C=N–C) groups is 1. The summed E-state index contributed by atoms with van der Waals surface area (Å²) in [4.78, 5) is 27.2. The summed E-state index contributed by atoms with van der Waals surface area (Å²) in [5.74, 6) is 0.0585. The summed E-state index contributed by atoms with van der Waals surface area (Å²) in [6, 6.07) is 4.37. The lowest BCUT2D eigenvalue weighted by molar-refractivity contribution is -0.139. The molecule has 2 fully saturated rings. The lowest BCUT2D eigenvalue weighted by Crippen LogP contribution is -2.58. The molecule has 0 amide bonds. The van der Waals surface area contributed by atoms with Crippen LogP contribution in [0.4, 0.5) is 4.39 Å². The monoisotopic (exact) mass is 456 g/mol. The Morgan fingerprint density at radius 2 is 2.19 bits per heavy atom. The highest BCUT2D eigenvalue weighted by atomic mass is 32.1. The SMILES string of the molecule is CCOC(=O)C1=C2CN(C3COC3)CCN2C(c2nccs2)=N[C@H]1c1ccc(F)cc1C. The fourth-order valence-electron chi connectivity index (χ4n) is 4.46. The Morgan fingerprint density at radius 1 is 1.34 bits per heavy atom. The number of aryl methyl sites for hydroxylation is 1. The molecule has 0 bridgehead atoms. The number of carbonyl (C=O) groups excluding carboxylic acids is 1. The summed E-state index contributed by atoms with van der Waals surface area (Å²) in [6.07, 6.45) is 1.76. The average Bonchev–Trinajstić information content (AvgIpc) is 3.26. The molecular formula is C23H25FN4O3S. The molecule has 9 heteroatoms. The van der Waals surface area contributed by atoms with Crippen molar-refractivity contribution in [1.82, 2.24) is 14.8 Å². The van der Waals surface area contributed by atoms with Crippen LogP contribution in [0, 0.1) is 12.7 Å². The van der Waals surface area contributed by atoms with Crippen molar-refractivity contribution in [3.63, 3.8) is 0 Å². The van der Waals surface area contributed by atoms with Gasteiger partial charge in [-0.15, -0.1) is 11.3 Å². The lowest BCUT2D eigenvalue weighted by atomic mass is 9.91. The van der Waals surface area contributed by atoms with Crippen molar-refractivity contribution in [3.8, 4) is 0 Å². The first-order valence-electron chi connectivity index (χ1n) is 10.8. The smallest absolute Gasteiger partial charge is 0.338 e. The van der Waals surface area contributed by atoms with E-state index in [1.807, 2.05) is 12.3 Å². The van der Waals surface area contributed by atoms with Crippen molar-refractivity contribution in [1.29, 1.82) is 0 Å². The Bertz CT molecular complexity index is 1080. The maximum Gasteiger partial charge on any atom is 0.338 e. The van der Waals surface area contributed by atoms with E-state index in [0.29, 0.717) is 37.9 Å². The number of amidine groups is 1. The van der Waals surface area contributed by atoms with E-state index in [1.54, 1.807) is 19.2 Å². The molecule has 0 saturated carbocycles. The number of halogens is 1. The molecule has 2 aromatic rings. The lowest BCUT2D eigenvalue weighted by Gasteiger charge is -2.46. The molecule has 2 saturated heterocycles. The molecule has 4 heterocycles. The highest BCUT2D eigenvalue weighted by Crippen LogP contribution is 2.39. The molecule has 1 aromatic heterocycles. The molecular weight excluding hydrogens is 431 g/mol. The number of thiazole rings is 1. The van der Waals surface area contributed by atoms with Crippen LogP contribution in [0.15, 0.2) is 46.0 Å². The van der Waals surface area contributed by atoms with Gasteiger partial charge in [-0.05, 0) is 37.1 Å². The first-order valence-corrected chi connectivity index (χ1v) is 11.7. The summed E-state index contributed by atoms with van der Waals surface area (Å²) < 4.78 is 24.8. The molecule has 32 heavy (non-hydrogen) atoms. The summed E-state index contributed by atoms with van der Waals surface area (Å²) in [7, 11) is 0. The number of hydrogen-bond acceptors (Lipinski definition) is 8. The van der Waals surface area contributed by atoms with E-state index in [-0.39, 0.29) is 18.4 Å². The van der Waals surface area contributed by atoms with E-state index in [2.05, 4.69) is 14.8 Å². The van der Waals surface area contributed by atoms with Crippen molar-refractivity contribution < 1.29 is 18.7 Å². The van der Waals surface area contributed by atoms with Gasteiger partial charge in [0, 0.05) is 36.9 Å². The van der Waals surface area contributed by atoms with Gasteiger partial charge < -0.3 is 14.4 Å².